The van der Waals surface area contributed by atoms with Gasteiger partial charge in [0.2, 0.25) is 0 Å². The van der Waals surface area contributed by atoms with Crippen molar-refractivity contribution in [2.24, 2.45) is 0 Å². The van der Waals surface area contributed by atoms with Crippen LogP contribution in [0.4, 0.5) is 5.82 Å². The minimum absolute atomic E-state index is 0.0669. The Balaban J connectivity index is 1.92. The van der Waals surface area contributed by atoms with Crippen LogP contribution in [0.25, 0.3) is 10.2 Å². The summed E-state index contributed by atoms with van der Waals surface area (Å²) in [6.07, 6.45) is 5.24. The van der Waals surface area contributed by atoms with E-state index in [0.717, 1.165) is 23.6 Å². The molecule has 3 rings (SSSR count). The molecular weight excluding hydrogens is 298 g/mol. The van der Waals surface area contributed by atoms with Gasteiger partial charge in [0.25, 0.3) is 0 Å². The average molecular weight is 321 g/mol. The van der Waals surface area contributed by atoms with Crippen LogP contribution in [0.5, 0.6) is 0 Å². The van der Waals surface area contributed by atoms with Crippen LogP contribution in [-0.2, 0) is 17.6 Å². The summed E-state index contributed by atoms with van der Waals surface area (Å²) in [6, 6.07) is 0.341. The summed E-state index contributed by atoms with van der Waals surface area (Å²) in [7, 11) is 0. The van der Waals surface area contributed by atoms with Crippen molar-refractivity contribution >= 4 is 27.4 Å². The first-order valence-electron chi connectivity index (χ1n) is 7.93. The van der Waals surface area contributed by atoms with Gasteiger partial charge in [-0.15, -0.1) is 11.3 Å². The molecule has 6 heteroatoms. The number of anilines is 1. The number of aliphatic hydroxyl groups excluding tert-OH is 1. The number of rotatable bonds is 7. The van der Waals surface area contributed by atoms with Crippen LogP contribution in [0, 0.1) is 0 Å². The monoisotopic (exact) mass is 321 g/mol. The fraction of sp³-hybridized carbons (Fsp3) is 0.625. The van der Waals surface area contributed by atoms with Crippen molar-refractivity contribution in [3.05, 3.63) is 16.8 Å². The van der Waals surface area contributed by atoms with E-state index in [1.165, 1.54) is 28.7 Å². The minimum atomic E-state index is 0.0669. The first kappa shape index (κ1) is 15.6. The molecule has 0 atom stereocenters. The van der Waals surface area contributed by atoms with Gasteiger partial charge in [0, 0.05) is 17.5 Å². The molecule has 0 radical (unpaired) electrons. The third-order valence-electron chi connectivity index (χ3n) is 4.09. The van der Waals surface area contributed by atoms with Gasteiger partial charge in [-0.05, 0) is 38.7 Å². The average Bonchev–Trinajstić information content (AvgIpc) is 3.07. The van der Waals surface area contributed by atoms with E-state index in [1.54, 1.807) is 6.33 Å². The maximum atomic E-state index is 8.82. The Morgan fingerprint density at radius 3 is 2.95 bits per heavy atom. The molecule has 0 aliphatic heterocycles. The lowest BCUT2D eigenvalue weighted by Crippen LogP contribution is -2.35. The fourth-order valence-corrected chi connectivity index (χ4v) is 4.29. The van der Waals surface area contributed by atoms with E-state index >= 15 is 0 Å². The first-order chi connectivity index (χ1) is 10.7. The Hall–Kier alpha value is -1.24. The van der Waals surface area contributed by atoms with Crippen molar-refractivity contribution in [2.75, 3.05) is 31.3 Å². The van der Waals surface area contributed by atoms with Crippen molar-refractivity contribution < 1.29 is 9.84 Å². The highest BCUT2D eigenvalue weighted by Crippen LogP contribution is 2.40. The van der Waals surface area contributed by atoms with Gasteiger partial charge in [-0.25, -0.2) is 9.97 Å². The van der Waals surface area contributed by atoms with Crippen molar-refractivity contribution in [3.8, 4) is 0 Å². The zero-order valence-electron chi connectivity index (χ0n) is 13.2. The zero-order chi connectivity index (χ0) is 15.5. The summed E-state index contributed by atoms with van der Waals surface area (Å²) >= 11 is 1.82. The van der Waals surface area contributed by atoms with Gasteiger partial charge in [0.15, 0.2) is 0 Å². The summed E-state index contributed by atoms with van der Waals surface area (Å²) < 4.78 is 5.44. The standard InChI is InChI=1S/C16H23N3O2S/c1-11(2)19(6-8-21-9-7-20)15-14-12-4-3-5-13(12)22-16(14)18-10-17-15/h10-11,20H,3-9H2,1-2H3. The Bertz CT molecular complexity index is 642. The number of hydrogen-bond donors (Lipinski definition) is 1. The number of aromatic nitrogens is 2. The van der Waals surface area contributed by atoms with Crippen LogP contribution < -0.4 is 4.90 Å². The third kappa shape index (κ3) is 2.95. The summed E-state index contributed by atoms with van der Waals surface area (Å²) in [4.78, 5) is 13.9. The minimum Gasteiger partial charge on any atom is -0.394 e. The van der Waals surface area contributed by atoms with Crippen molar-refractivity contribution in [2.45, 2.75) is 39.2 Å². The predicted molar refractivity (Wildman–Crippen MR) is 89.8 cm³/mol. The maximum absolute atomic E-state index is 8.82. The van der Waals surface area contributed by atoms with E-state index in [4.69, 9.17) is 9.84 Å². The van der Waals surface area contributed by atoms with Crippen LogP contribution in [0.15, 0.2) is 6.33 Å². The first-order valence-corrected chi connectivity index (χ1v) is 8.74. The molecule has 22 heavy (non-hydrogen) atoms. The molecule has 1 N–H and O–H groups in total. The molecule has 0 saturated heterocycles. The van der Waals surface area contributed by atoms with Crippen LogP contribution in [0.1, 0.15) is 30.7 Å². The van der Waals surface area contributed by atoms with Crippen LogP contribution >= 0.6 is 11.3 Å². The second kappa shape index (κ2) is 6.89. The Morgan fingerprint density at radius 1 is 1.32 bits per heavy atom. The maximum Gasteiger partial charge on any atom is 0.141 e. The lowest BCUT2D eigenvalue weighted by molar-refractivity contribution is 0.0961. The summed E-state index contributed by atoms with van der Waals surface area (Å²) in [6.45, 7) is 6.17. The number of aryl methyl sites for hydroxylation is 2. The second-order valence-electron chi connectivity index (χ2n) is 5.86. The number of thiophene rings is 1. The predicted octanol–water partition coefficient (Wildman–Crippen LogP) is 2.40. The van der Waals surface area contributed by atoms with Gasteiger partial charge >= 0.3 is 0 Å². The summed E-state index contributed by atoms with van der Waals surface area (Å²) in [5, 5.41) is 10.1. The molecule has 0 saturated carbocycles. The van der Waals surface area contributed by atoms with Crippen molar-refractivity contribution in [3.63, 3.8) is 0 Å². The molecule has 0 bridgehead atoms. The van der Waals surface area contributed by atoms with Gasteiger partial charge < -0.3 is 14.7 Å². The number of ether oxygens (including phenoxy) is 1. The third-order valence-corrected chi connectivity index (χ3v) is 5.29. The Morgan fingerprint density at radius 2 is 2.18 bits per heavy atom. The SMILES string of the molecule is CC(C)N(CCOCCO)c1ncnc2sc3c(c12)CCC3. The van der Waals surface area contributed by atoms with E-state index < -0.39 is 0 Å². The molecule has 120 valence electrons. The normalized spacial score (nSPS) is 14.0. The van der Waals surface area contributed by atoms with Crippen molar-refractivity contribution in [1.82, 2.24) is 9.97 Å². The van der Waals surface area contributed by atoms with E-state index in [2.05, 4.69) is 28.7 Å². The lowest BCUT2D eigenvalue weighted by atomic mass is 10.1. The molecule has 0 spiro atoms. The van der Waals surface area contributed by atoms with Crippen LogP contribution in [0.3, 0.4) is 0 Å². The second-order valence-corrected chi connectivity index (χ2v) is 6.94. The summed E-state index contributed by atoms with van der Waals surface area (Å²) in [5.74, 6) is 1.03. The van der Waals surface area contributed by atoms with Gasteiger partial charge in [-0.1, -0.05) is 0 Å². The van der Waals surface area contributed by atoms with Crippen molar-refractivity contribution in [1.29, 1.82) is 0 Å². The molecule has 0 unspecified atom stereocenters. The van der Waals surface area contributed by atoms with Gasteiger partial charge in [-0.2, -0.15) is 0 Å². The molecule has 1 aliphatic rings. The van der Waals surface area contributed by atoms with E-state index in [9.17, 15) is 0 Å². The number of hydrogen-bond acceptors (Lipinski definition) is 6. The number of aliphatic hydroxyl groups is 1. The zero-order valence-corrected chi connectivity index (χ0v) is 14.0. The summed E-state index contributed by atoms with van der Waals surface area (Å²) in [5.41, 5.74) is 1.46. The van der Waals surface area contributed by atoms with E-state index in [1.807, 2.05) is 11.3 Å². The molecule has 0 aromatic carbocycles. The smallest absolute Gasteiger partial charge is 0.141 e. The molecule has 2 aromatic rings. The molecule has 2 aromatic heterocycles. The fourth-order valence-electron chi connectivity index (χ4n) is 3.07. The molecule has 5 nitrogen and oxygen atoms in total. The molecule has 2 heterocycles. The highest BCUT2D eigenvalue weighted by molar-refractivity contribution is 7.19. The molecule has 0 fully saturated rings. The lowest BCUT2D eigenvalue weighted by Gasteiger charge is -2.28. The van der Waals surface area contributed by atoms with E-state index in [-0.39, 0.29) is 6.61 Å². The van der Waals surface area contributed by atoms with Gasteiger partial charge in [0.05, 0.1) is 25.2 Å². The van der Waals surface area contributed by atoms with Gasteiger partial charge in [0.1, 0.15) is 17.0 Å². The number of fused-ring (bicyclic) bond motifs is 3. The quantitative estimate of drug-likeness (QED) is 0.794. The Labute approximate surface area is 135 Å². The molecular formula is C16H23N3O2S. The molecule has 1 aliphatic carbocycles. The largest absolute Gasteiger partial charge is 0.394 e. The highest BCUT2D eigenvalue weighted by atomic mass is 32.1. The van der Waals surface area contributed by atoms with Crippen LogP contribution in [0.2, 0.25) is 0 Å². The topological polar surface area (TPSA) is 58.5 Å². The van der Waals surface area contributed by atoms with Crippen LogP contribution in [-0.4, -0.2) is 47.5 Å². The van der Waals surface area contributed by atoms with E-state index in [0.29, 0.717) is 19.3 Å². The highest BCUT2D eigenvalue weighted by Gasteiger charge is 2.24. The molecule has 0 amide bonds. The van der Waals surface area contributed by atoms with Gasteiger partial charge in [-0.3, -0.25) is 0 Å². The Kier molecular flexibility index (Phi) is 4.90. The number of nitrogens with zero attached hydrogens (tertiary/aromatic N) is 3.